The van der Waals surface area contributed by atoms with Crippen molar-refractivity contribution in [3.8, 4) is 0 Å². The van der Waals surface area contributed by atoms with E-state index in [4.69, 9.17) is 0 Å². The fraction of sp³-hybridized carbons (Fsp3) is 0.364. The maximum absolute atomic E-state index is 11.7. The number of anilines is 1. The lowest BCUT2D eigenvalue weighted by atomic mass is 10.2. The molecule has 6 heteroatoms. The molecule has 17 heavy (non-hydrogen) atoms. The zero-order valence-electron chi connectivity index (χ0n) is 10.1. The summed E-state index contributed by atoms with van der Waals surface area (Å²) in [5, 5.41) is 7.17. The fourth-order valence-electron chi connectivity index (χ4n) is 1.52. The molecule has 0 amide bonds. The van der Waals surface area contributed by atoms with Crippen LogP contribution in [0, 0.1) is 6.92 Å². The van der Waals surface area contributed by atoms with E-state index in [0.29, 0.717) is 12.4 Å². The highest BCUT2D eigenvalue weighted by Gasteiger charge is 2.06. The molecule has 0 aromatic carbocycles. The van der Waals surface area contributed by atoms with E-state index in [1.165, 1.54) is 4.57 Å². The van der Waals surface area contributed by atoms with E-state index in [1.54, 1.807) is 30.3 Å². The summed E-state index contributed by atoms with van der Waals surface area (Å²) in [6.07, 6.45) is 5.01. The Labute approximate surface area is 98.9 Å². The van der Waals surface area contributed by atoms with Crippen LogP contribution in [0.25, 0.3) is 0 Å². The van der Waals surface area contributed by atoms with Crippen LogP contribution in [0.3, 0.4) is 0 Å². The summed E-state index contributed by atoms with van der Waals surface area (Å²) in [6.45, 7) is 2.53. The van der Waals surface area contributed by atoms with Crippen LogP contribution in [0.15, 0.2) is 23.4 Å². The summed E-state index contributed by atoms with van der Waals surface area (Å²) in [5.74, 6) is 0.359. The number of hydrogen-bond acceptors (Lipinski definition) is 4. The van der Waals surface area contributed by atoms with Crippen molar-refractivity contribution < 1.29 is 0 Å². The van der Waals surface area contributed by atoms with Crippen molar-refractivity contribution in [3.05, 3.63) is 40.2 Å². The topological polar surface area (TPSA) is 64.7 Å². The number of hydrogen-bond donors (Lipinski definition) is 1. The molecule has 0 aliphatic rings. The Bertz CT molecular complexity index is 584. The number of aryl methyl sites for hydroxylation is 2. The Hall–Kier alpha value is -2.11. The zero-order valence-corrected chi connectivity index (χ0v) is 10.1. The standard InChI is InChI=1S/C11H15N5O/c1-8-9(7-14-16(8)3)6-13-10-11(17)15(2)5-4-12-10/h4-5,7H,6H2,1-3H3,(H,12,13). The number of nitrogens with zero attached hydrogens (tertiary/aromatic N) is 4. The molecule has 2 heterocycles. The molecule has 1 N–H and O–H groups in total. The summed E-state index contributed by atoms with van der Waals surface area (Å²) in [4.78, 5) is 15.7. The summed E-state index contributed by atoms with van der Waals surface area (Å²) < 4.78 is 3.29. The van der Waals surface area contributed by atoms with Crippen molar-refractivity contribution in [1.29, 1.82) is 0 Å². The largest absolute Gasteiger partial charge is 0.361 e. The van der Waals surface area contributed by atoms with Crippen LogP contribution in [-0.4, -0.2) is 19.3 Å². The quantitative estimate of drug-likeness (QED) is 0.835. The lowest BCUT2D eigenvalue weighted by Gasteiger charge is -2.05. The second-order valence-corrected chi connectivity index (χ2v) is 3.92. The van der Waals surface area contributed by atoms with Gasteiger partial charge in [0.15, 0.2) is 5.82 Å². The van der Waals surface area contributed by atoms with Gasteiger partial charge >= 0.3 is 0 Å². The Balaban J connectivity index is 2.16. The van der Waals surface area contributed by atoms with Crippen LogP contribution in [0.4, 0.5) is 5.82 Å². The predicted octanol–water partition coefficient (Wildman–Crippen LogP) is 0.434. The fourth-order valence-corrected chi connectivity index (χ4v) is 1.52. The molecule has 0 radical (unpaired) electrons. The van der Waals surface area contributed by atoms with E-state index in [1.807, 2.05) is 14.0 Å². The summed E-state index contributed by atoms with van der Waals surface area (Å²) in [5.41, 5.74) is 2.00. The van der Waals surface area contributed by atoms with E-state index < -0.39 is 0 Å². The van der Waals surface area contributed by atoms with Gasteiger partial charge in [-0.15, -0.1) is 0 Å². The SMILES string of the molecule is Cc1c(CNc2nccn(C)c2=O)cnn1C. The second-order valence-electron chi connectivity index (χ2n) is 3.92. The van der Waals surface area contributed by atoms with Crippen molar-refractivity contribution in [2.24, 2.45) is 14.1 Å². The molecule has 0 saturated carbocycles. The van der Waals surface area contributed by atoms with Gasteiger partial charge in [-0.25, -0.2) is 4.98 Å². The molecule has 0 atom stereocenters. The average Bonchev–Trinajstić information content (AvgIpc) is 2.62. The lowest BCUT2D eigenvalue weighted by molar-refractivity contribution is 0.738. The Kier molecular flexibility index (Phi) is 2.95. The van der Waals surface area contributed by atoms with Crippen molar-refractivity contribution >= 4 is 5.82 Å². The third-order valence-corrected chi connectivity index (χ3v) is 2.80. The van der Waals surface area contributed by atoms with Crippen LogP contribution in [0.5, 0.6) is 0 Å². The smallest absolute Gasteiger partial charge is 0.293 e. The van der Waals surface area contributed by atoms with Crippen LogP contribution >= 0.6 is 0 Å². The van der Waals surface area contributed by atoms with Crippen molar-refractivity contribution in [3.63, 3.8) is 0 Å². The van der Waals surface area contributed by atoms with E-state index in [0.717, 1.165) is 11.3 Å². The molecule has 0 unspecified atom stereocenters. The molecular formula is C11H15N5O. The molecule has 0 aliphatic heterocycles. The number of rotatable bonds is 3. The van der Waals surface area contributed by atoms with E-state index in [-0.39, 0.29) is 5.56 Å². The molecule has 2 aromatic rings. The van der Waals surface area contributed by atoms with Crippen LogP contribution in [0.2, 0.25) is 0 Å². The van der Waals surface area contributed by atoms with Gasteiger partial charge in [0.25, 0.3) is 5.56 Å². The molecular weight excluding hydrogens is 218 g/mol. The van der Waals surface area contributed by atoms with Gasteiger partial charge in [0.1, 0.15) is 0 Å². The molecule has 0 spiro atoms. The number of nitrogens with one attached hydrogen (secondary N) is 1. The second kappa shape index (κ2) is 4.40. The molecule has 6 nitrogen and oxygen atoms in total. The van der Waals surface area contributed by atoms with Gasteiger partial charge in [0, 0.05) is 44.3 Å². The Morgan fingerprint density at radius 2 is 2.18 bits per heavy atom. The van der Waals surface area contributed by atoms with Crippen LogP contribution in [-0.2, 0) is 20.6 Å². The lowest BCUT2D eigenvalue weighted by Crippen LogP contribution is -2.21. The first-order chi connectivity index (χ1) is 8.09. The van der Waals surface area contributed by atoms with Gasteiger partial charge in [-0.2, -0.15) is 5.10 Å². The Morgan fingerprint density at radius 1 is 1.41 bits per heavy atom. The van der Waals surface area contributed by atoms with Crippen LogP contribution < -0.4 is 10.9 Å². The van der Waals surface area contributed by atoms with Crippen molar-refractivity contribution in [2.45, 2.75) is 13.5 Å². The zero-order chi connectivity index (χ0) is 12.4. The van der Waals surface area contributed by atoms with E-state index in [9.17, 15) is 4.79 Å². The highest BCUT2D eigenvalue weighted by atomic mass is 16.1. The number of aromatic nitrogens is 4. The molecule has 0 bridgehead atoms. The normalized spacial score (nSPS) is 10.5. The molecule has 0 saturated heterocycles. The maximum atomic E-state index is 11.7. The molecule has 0 aliphatic carbocycles. The van der Waals surface area contributed by atoms with E-state index in [2.05, 4.69) is 15.4 Å². The first-order valence-electron chi connectivity index (χ1n) is 5.32. The predicted molar refractivity (Wildman–Crippen MR) is 64.7 cm³/mol. The Morgan fingerprint density at radius 3 is 2.82 bits per heavy atom. The first kappa shape index (κ1) is 11.4. The maximum Gasteiger partial charge on any atom is 0.293 e. The van der Waals surface area contributed by atoms with Crippen LogP contribution in [0.1, 0.15) is 11.3 Å². The minimum atomic E-state index is -0.131. The van der Waals surface area contributed by atoms with E-state index >= 15 is 0 Å². The summed E-state index contributed by atoms with van der Waals surface area (Å²) in [7, 11) is 3.59. The van der Waals surface area contributed by atoms with Crippen molar-refractivity contribution in [2.75, 3.05) is 5.32 Å². The van der Waals surface area contributed by atoms with Crippen molar-refractivity contribution in [1.82, 2.24) is 19.3 Å². The summed E-state index contributed by atoms with van der Waals surface area (Å²) in [6, 6.07) is 0. The molecule has 0 fully saturated rings. The van der Waals surface area contributed by atoms with Gasteiger partial charge in [0.05, 0.1) is 6.20 Å². The third kappa shape index (κ3) is 2.20. The monoisotopic (exact) mass is 233 g/mol. The third-order valence-electron chi connectivity index (χ3n) is 2.80. The summed E-state index contributed by atoms with van der Waals surface area (Å²) >= 11 is 0. The minimum absolute atomic E-state index is 0.131. The highest BCUT2D eigenvalue weighted by Crippen LogP contribution is 2.06. The molecule has 2 rings (SSSR count). The highest BCUT2D eigenvalue weighted by molar-refractivity contribution is 5.33. The van der Waals surface area contributed by atoms with Gasteiger partial charge in [0.2, 0.25) is 0 Å². The van der Waals surface area contributed by atoms with Gasteiger partial charge in [-0.3, -0.25) is 9.48 Å². The average molecular weight is 233 g/mol. The molecule has 2 aromatic heterocycles. The minimum Gasteiger partial charge on any atom is -0.361 e. The molecule has 90 valence electrons. The first-order valence-corrected chi connectivity index (χ1v) is 5.32. The van der Waals surface area contributed by atoms with Gasteiger partial charge < -0.3 is 9.88 Å². The van der Waals surface area contributed by atoms with Gasteiger partial charge in [-0.1, -0.05) is 0 Å². The van der Waals surface area contributed by atoms with Gasteiger partial charge in [-0.05, 0) is 6.92 Å².